The third kappa shape index (κ3) is 5.42. The lowest BCUT2D eigenvalue weighted by Gasteiger charge is -2.25. The smallest absolute Gasteiger partial charge is 0.238 e. The molecule has 0 aliphatic carbocycles. The van der Waals surface area contributed by atoms with E-state index in [4.69, 9.17) is 10.00 Å². The van der Waals surface area contributed by atoms with E-state index in [-0.39, 0.29) is 24.4 Å². The van der Waals surface area contributed by atoms with Crippen LogP contribution in [0.15, 0.2) is 24.3 Å². The molecule has 0 heterocycles. The fourth-order valence-corrected chi connectivity index (χ4v) is 1.77. The summed E-state index contributed by atoms with van der Waals surface area (Å²) in [5, 5.41) is 11.9. The number of carbonyl (C=O) groups is 1. The summed E-state index contributed by atoms with van der Waals surface area (Å²) < 4.78 is 18.2. The molecule has 0 fully saturated rings. The molecular weight excluding hydrogens is 271 g/mol. The minimum absolute atomic E-state index is 0.249. The van der Waals surface area contributed by atoms with E-state index in [1.54, 1.807) is 6.92 Å². The molecule has 4 nitrogen and oxygen atoms in total. The molecule has 0 spiro atoms. The first-order valence-corrected chi connectivity index (χ1v) is 6.82. The van der Waals surface area contributed by atoms with Crippen molar-refractivity contribution in [2.45, 2.75) is 33.7 Å². The van der Waals surface area contributed by atoms with Crippen molar-refractivity contribution in [3.8, 4) is 11.8 Å². The van der Waals surface area contributed by atoms with Crippen molar-refractivity contribution >= 4 is 5.91 Å². The quantitative estimate of drug-likeness (QED) is 0.907. The molecule has 0 saturated carbocycles. The number of rotatable bonds is 5. The van der Waals surface area contributed by atoms with Gasteiger partial charge in [0.15, 0.2) is 0 Å². The molecule has 0 saturated heterocycles. The summed E-state index contributed by atoms with van der Waals surface area (Å²) in [6, 6.07) is 7.45. The van der Waals surface area contributed by atoms with Crippen LogP contribution in [0.2, 0.25) is 0 Å². The Morgan fingerprint density at radius 3 is 2.43 bits per heavy atom. The van der Waals surface area contributed by atoms with Crippen molar-refractivity contribution in [1.82, 2.24) is 5.32 Å². The van der Waals surface area contributed by atoms with Gasteiger partial charge in [0.1, 0.15) is 24.1 Å². The van der Waals surface area contributed by atoms with Gasteiger partial charge in [-0.15, -0.1) is 0 Å². The van der Waals surface area contributed by atoms with Crippen LogP contribution in [0.3, 0.4) is 0 Å². The third-order valence-electron chi connectivity index (χ3n) is 2.96. The second kappa shape index (κ2) is 7.07. The van der Waals surface area contributed by atoms with E-state index in [9.17, 15) is 9.18 Å². The Kier molecular flexibility index (Phi) is 5.71. The van der Waals surface area contributed by atoms with Gasteiger partial charge in [0.05, 0.1) is 12.1 Å². The molecule has 0 bridgehead atoms. The second-order valence-corrected chi connectivity index (χ2v) is 6.10. The van der Waals surface area contributed by atoms with Crippen molar-refractivity contribution in [2.24, 2.45) is 11.3 Å². The molecular formula is C16H21FN2O2. The van der Waals surface area contributed by atoms with Crippen LogP contribution in [0.1, 0.15) is 27.7 Å². The normalized spacial score (nSPS) is 13.9. The van der Waals surface area contributed by atoms with Crippen LogP contribution in [0.5, 0.6) is 5.75 Å². The van der Waals surface area contributed by atoms with E-state index < -0.39 is 11.3 Å². The summed E-state index contributed by atoms with van der Waals surface area (Å²) in [4.78, 5) is 12.0. The van der Waals surface area contributed by atoms with Gasteiger partial charge in [-0.1, -0.05) is 20.8 Å². The highest BCUT2D eigenvalue weighted by Crippen LogP contribution is 2.25. The highest BCUT2D eigenvalue weighted by molar-refractivity contribution is 5.82. The molecule has 0 aromatic heterocycles. The van der Waals surface area contributed by atoms with Gasteiger partial charge in [0.2, 0.25) is 5.91 Å². The first kappa shape index (κ1) is 17.0. The summed E-state index contributed by atoms with van der Waals surface area (Å²) in [5.74, 6) is -0.818. The Hall–Kier alpha value is -2.09. The molecule has 1 rings (SSSR count). The fourth-order valence-electron chi connectivity index (χ4n) is 1.77. The Balaban J connectivity index is 2.50. The summed E-state index contributed by atoms with van der Waals surface area (Å²) in [6.07, 6.45) is 0. The van der Waals surface area contributed by atoms with E-state index in [2.05, 4.69) is 5.32 Å². The van der Waals surface area contributed by atoms with Gasteiger partial charge >= 0.3 is 0 Å². The summed E-state index contributed by atoms with van der Waals surface area (Å²) in [5.41, 5.74) is -0.420. The number of nitrogens with zero attached hydrogens (tertiary/aromatic N) is 1. The number of amides is 1. The predicted octanol–water partition coefficient (Wildman–Crippen LogP) is 2.90. The number of halogens is 1. The van der Waals surface area contributed by atoms with Gasteiger partial charge < -0.3 is 10.1 Å². The predicted molar refractivity (Wildman–Crippen MR) is 78.1 cm³/mol. The number of nitrogens with one attached hydrogen (secondary N) is 1. The Morgan fingerprint density at radius 1 is 1.38 bits per heavy atom. The van der Waals surface area contributed by atoms with Crippen LogP contribution in [-0.2, 0) is 4.79 Å². The maximum Gasteiger partial charge on any atom is 0.238 e. The number of nitriles is 1. The molecule has 2 atom stereocenters. The molecule has 1 N–H and O–H groups in total. The lowest BCUT2D eigenvalue weighted by Crippen LogP contribution is -2.43. The van der Waals surface area contributed by atoms with Crippen molar-refractivity contribution in [1.29, 1.82) is 5.26 Å². The highest BCUT2D eigenvalue weighted by atomic mass is 19.1. The summed E-state index contributed by atoms with van der Waals surface area (Å²) >= 11 is 0. The molecule has 21 heavy (non-hydrogen) atoms. The molecule has 5 heteroatoms. The number of carbonyl (C=O) groups excluding carboxylic acids is 1. The zero-order valence-corrected chi connectivity index (χ0v) is 12.8. The SMILES string of the molecule is C[C@H](COc1ccc(F)cc1)NC(=O)C(C#N)C(C)(C)C. The second-order valence-electron chi connectivity index (χ2n) is 6.10. The lowest BCUT2D eigenvalue weighted by molar-refractivity contribution is -0.126. The Labute approximate surface area is 124 Å². The van der Waals surface area contributed by atoms with Gasteiger partial charge in [0.25, 0.3) is 0 Å². The Morgan fingerprint density at radius 2 is 1.95 bits per heavy atom. The van der Waals surface area contributed by atoms with E-state index in [1.807, 2.05) is 26.8 Å². The Bertz CT molecular complexity index is 515. The number of ether oxygens (including phenoxy) is 1. The van der Waals surface area contributed by atoms with Gasteiger partial charge in [-0.2, -0.15) is 5.26 Å². The third-order valence-corrected chi connectivity index (χ3v) is 2.96. The van der Waals surface area contributed by atoms with E-state index in [0.29, 0.717) is 5.75 Å². The fraction of sp³-hybridized carbons (Fsp3) is 0.500. The van der Waals surface area contributed by atoms with Gasteiger partial charge in [-0.3, -0.25) is 4.79 Å². The van der Waals surface area contributed by atoms with Crippen molar-refractivity contribution in [2.75, 3.05) is 6.61 Å². The lowest BCUT2D eigenvalue weighted by atomic mass is 9.81. The summed E-state index contributed by atoms with van der Waals surface area (Å²) in [6.45, 7) is 7.58. The monoisotopic (exact) mass is 292 g/mol. The average molecular weight is 292 g/mol. The van der Waals surface area contributed by atoms with Crippen LogP contribution in [0, 0.1) is 28.5 Å². The topological polar surface area (TPSA) is 62.1 Å². The van der Waals surface area contributed by atoms with E-state index in [0.717, 1.165) is 0 Å². The van der Waals surface area contributed by atoms with Gasteiger partial charge in [-0.05, 0) is 36.6 Å². The molecule has 1 aromatic carbocycles. The molecule has 1 amide bonds. The molecule has 0 radical (unpaired) electrons. The minimum Gasteiger partial charge on any atom is -0.491 e. The maximum atomic E-state index is 12.8. The maximum absolute atomic E-state index is 12.8. The molecule has 1 unspecified atom stereocenters. The summed E-state index contributed by atoms with van der Waals surface area (Å²) in [7, 11) is 0. The minimum atomic E-state index is -0.717. The van der Waals surface area contributed by atoms with Crippen LogP contribution in [-0.4, -0.2) is 18.6 Å². The van der Waals surface area contributed by atoms with Gasteiger partial charge in [-0.25, -0.2) is 4.39 Å². The molecule has 0 aliphatic heterocycles. The van der Waals surface area contributed by atoms with Crippen molar-refractivity contribution in [3.63, 3.8) is 0 Å². The van der Waals surface area contributed by atoms with Crippen LogP contribution in [0.4, 0.5) is 4.39 Å². The largest absolute Gasteiger partial charge is 0.491 e. The van der Waals surface area contributed by atoms with Crippen LogP contribution < -0.4 is 10.1 Å². The van der Waals surface area contributed by atoms with Gasteiger partial charge in [0, 0.05) is 0 Å². The zero-order chi connectivity index (χ0) is 16.0. The van der Waals surface area contributed by atoms with Crippen molar-refractivity contribution in [3.05, 3.63) is 30.1 Å². The van der Waals surface area contributed by atoms with Crippen molar-refractivity contribution < 1.29 is 13.9 Å². The standard InChI is InChI=1S/C16H21FN2O2/c1-11(10-21-13-7-5-12(17)6-8-13)19-15(20)14(9-18)16(2,3)4/h5-8,11,14H,10H2,1-4H3,(H,19,20)/t11-,14?/m1/s1. The molecule has 1 aromatic rings. The number of benzene rings is 1. The van der Waals surface area contributed by atoms with E-state index >= 15 is 0 Å². The first-order chi connectivity index (χ1) is 9.74. The zero-order valence-electron chi connectivity index (χ0n) is 12.8. The first-order valence-electron chi connectivity index (χ1n) is 6.82. The van der Waals surface area contributed by atoms with Crippen LogP contribution in [0.25, 0.3) is 0 Å². The molecule has 0 aliphatic rings. The number of hydrogen-bond acceptors (Lipinski definition) is 3. The molecule has 114 valence electrons. The van der Waals surface area contributed by atoms with E-state index in [1.165, 1.54) is 24.3 Å². The highest BCUT2D eigenvalue weighted by Gasteiger charge is 2.31. The average Bonchev–Trinajstić information content (AvgIpc) is 2.37. The van der Waals surface area contributed by atoms with Crippen LogP contribution >= 0.6 is 0 Å². The number of hydrogen-bond donors (Lipinski definition) is 1.